The van der Waals surface area contributed by atoms with Crippen LogP contribution in [0.5, 0.6) is 5.75 Å². The standard InChI is InChI=1S/C17H16N4O2S/c1-2-22-15-9-7-13(8-10-15)16-19-20-17(24)21(16)18-11-3-5-14-6-4-12-23-14/h3-12H,2H2,1H3,(H,20,24)/b5-3+,18-11-. The molecule has 6 nitrogen and oxygen atoms in total. The average molecular weight is 340 g/mol. The van der Waals surface area contributed by atoms with Gasteiger partial charge < -0.3 is 9.15 Å². The molecule has 0 amide bonds. The highest BCUT2D eigenvalue weighted by atomic mass is 32.1. The van der Waals surface area contributed by atoms with Gasteiger partial charge >= 0.3 is 0 Å². The highest BCUT2D eigenvalue weighted by Gasteiger charge is 2.07. The number of hydrogen-bond donors (Lipinski definition) is 1. The van der Waals surface area contributed by atoms with E-state index in [1.165, 1.54) is 0 Å². The Kier molecular flexibility index (Phi) is 5.02. The van der Waals surface area contributed by atoms with Gasteiger partial charge in [0.15, 0.2) is 5.82 Å². The number of benzene rings is 1. The number of aromatic amines is 1. The molecule has 0 aliphatic heterocycles. The molecule has 122 valence electrons. The number of H-pyrrole nitrogens is 1. The Bertz CT molecular complexity index is 890. The number of ether oxygens (including phenoxy) is 1. The van der Waals surface area contributed by atoms with E-state index in [2.05, 4.69) is 15.3 Å². The van der Waals surface area contributed by atoms with Gasteiger partial charge in [-0.05, 0) is 67.7 Å². The molecule has 0 aliphatic carbocycles. The first kappa shape index (κ1) is 15.9. The van der Waals surface area contributed by atoms with Crippen LogP contribution < -0.4 is 4.74 Å². The molecule has 3 aromatic rings. The lowest BCUT2D eigenvalue weighted by molar-refractivity contribution is 0.340. The van der Waals surface area contributed by atoms with E-state index >= 15 is 0 Å². The molecule has 0 bridgehead atoms. The van der Waals surface area contributed by atoms with Crippen LogP contribution in [0, 0.1) is 4.77 Å². The summed E-state index contributed by atoms with van der Waals surface area (Å²) in [7, 11) is 0. The lowest BCUT2D eigenvalue weighted by atomic mass is 10.2. The van der Waals surface area contributed by atoms with E-state index in [-0.39, 0.29) is 0 Å². The monoisotopic (exact) mass is 340 g/mol. The summed E-state index contributed by atoms with van der Waals surface area (Å²) in [5.41, 5.74) is 0.887. The van der Waals surface area contributed by atoms with Crippen LogP contribution in [0.1, 0.15) is 12.7 Å². The van der Waals surface area contributed by atoms with E-state index in [4.69, 9.17) is 21.4 Å². The highest BCUT2D eigenvalue weighted by Crippen LogP contribution is 2.21. The lowest BCUT2D eigenvalue weighted by Gasteiger charge is -2.04. The van der Waals surface area contributed by atoms with Crippen molar-refractivity contribution in [3.05, 3.63) is 59.3 Å². The normalized spacial score (nSPS) is 11.5. The number of nitrogens with one attached hydrogen (secondary N) is 1. The van der Waals surface area contributed by atoms with Gasteiger partial charge in [0.25, 0.3) is 0 Å². The molecule has 0 atom stereocenters. The Morgan fingerprint density at radius 3 is 2.88 bits per heavy atom. The summed E-state index contributed by atoms with van der Waals surface area (Å²) in [6.07, 6.45) is 6.83. The zero-order valence-electron chi connectivity index (χ0n) is 13.0. The Hall–Kier alpha value is -2.93. The first-order chi connectivity index (χ1) is 11.8. The molecular formula is C17H16N4O2S. The number of hydrogen-bond acceptors (Lipinski definition) is 5. The van der Waals surface area contributed by atoms with E-state index < -0.39 is 0 Å². The topological polar surface area (TPSA) is 68.3 Å². The van der Waals surface area contributed by atoms with Crippen LogP contribution >= 0.6 is 12.2 Å². The summed E-state index contributed by atoms with van der Waals surface area (Å²) in [4.78, 5) is 0. The molecule has 2 heterocycles. The third-order valence-electron chi connectivity index (χ3n) is 3.15. The van der Waals surface area contributed by atoms with E-state index in [0.29, 0.717) is 17.2 Å². The minimum absolute atomic E-state index is 0.418. The molecule has 0 unspecified atom stereocenters. The van der Waals surface area contributed by atoms with Crippen LogP contribution in [0.3, 0.4) is 0 Å². The van der Waals surface area contributed by atoms with Gasteiger partial charge in [-0.25, -0.2) is 5.10 Å². The number of allylic oxidation sites excluding steroid dienone is 1. The van der Waals surface area contributed by atoms with Crippen molar-refractivity contribution < 1.29 is 9.15 Å². The molecule has 0 fully saturated rings. The summed E-state index contributed by atoms with van der Waals surface area (Å²) in [6, 6.07) is 11.3. The molecule has 0 radical (unpaired) electrons. The van der Waals surface area contributed by atoms with Crippen molar-refractivity contribution in [3.63, 3.8) is 0 Å². The van der Waals surface area contributed by atoms with E-state index in [1.807, 2.05) is 49.4 Å². The molecule has 1 N–H and O–H groups in total. The van der Waals surface area contributed by atoms with Gasteiger partial charge in [-0.3, -0.25) is 0 Å². The largest absolute Gasteiger partial charge is 0.494 e. The second kappa shape index (κ2) is 7.56. The van der Waals surface area contributed by atoms with Crippen molar-refractivity contribution in [3.8, 4) is 17.1 Å². The number of rotatable bonds is 6. The molecule has 0 saturated heterocycles. The van der Waals surface area contributed by atoms with Gasteiger partial charge in [0.2, 0.25) is 4.77 Å². The Morgan fingerprint density at radius 2 is 2.17 bits per heavy atom. The zero-order valence-corrected chi connectivity index (χ0v) is 13.9. The fourth-order valence-electron chi connectivity index (χ4n) is 2.08. The van der Waals surface area contributed by atoms with Gasteiger partial charge in [-0.2, -0.15) is 14.9 Å². The van der Waals surface area contributed by atoms with Gasteiger partial charge in [-0.15, -0.1) is 0 Å². The smallest absolute Gasteiger partial charge is 0.216 e. The Morgan fingerprint density at radius 1 is 1.33 bits per heavy atom. The second-order valence-electron chi connectivity index (χ2n) is 4.76. The van der Waals surface area contributed by atoms with Crippen LogP contribution in [0.25, 0.3) is 17.5 Å². The second-order valence-corrected chi connectivity index (χ2v) is 5.15. The van der Waals surface area contributed by atoms with Crippen LogP contribution in [-0.4, -0.2) is 27.7 Å². The molecule has 2 aromatic heterocycles. The number of furan rings is 1. The molecule has 7 heteroatoms. The van der Waals surface area contributed by atoms with Crippen molar-refractivity contribution in [1.29, 1.82) is 0 Å². The minimum Gasteiger partial charge on any atom is -0.494 e. The van der Waals surface area contributed by atoms with Crippen LogP contribution in [0.15, 0.2) is 58.3 Å². The Labute approximate surface area is 144 Å². The van der Waals surface area contributed by atoms with Gasteiger partial charge in [-0.1, -0.05) is 0 Å². The van der Waals surface area contributed by atoms with Crippen molar-refractivity contribution in [2.45, 2.75) is 6.92 Å². The molecule has 0 saturated carbocycles. The third-order valence-corrected chi connectivity index (χ3v) is 3.41. The number of aromatic nitrogens is 3. The van der Waals surface area contributed by atoms with Gasteiger partial charge in [0.1, 0.15) is 11.5 Å². The first-order valence-corrected chi connectivity index (χ1v) is 7.84. The maximum Gasteiger partial charge on any atom is 0.216 e. The van der Waals surface area contributed by atoms with Crippen LogP contribution in [0.4, 0.5) is 0 Å². The van der Waals surface area contributed by atoms with E-state index in [0.717, 1.165) is 17.1 Å². The molecule has 3 rings (SSSR count). The van der Waals surface area contributed by atoms with Crippen molar-refractivity contribution in [1.82, 2.24) is 14.9 Å². The van der Waals surface area contributed by atoms with E-state index in [9.17, 15) is 0 Å². The average Bonchev–Trinajstić information content (AvgIpc) is 3.23. The predicted molar refractivity (Wildman–Crippen MR) is 95.6 cm³/mol. The minimum atomic E-state index is 0.418. The summed E-state index contributed by atoms with van der Waals surface area (Å²) < 4.78 is 12.6. The fourth-order valence-corrected chi connectivity index (χ4v) is 2.26. The summed E-state index contributed by atoms with van der Waals surface area (Å²) >= 11 is 5.23. The predicted octanol–water partition coefficient (Wildman–Crippen LogP) is 4.15. The molecule has 24 heavy (non-hydrogen) atoms. The molecule has 0 spiro atoms. The van der Waals surface area contributed by atoms with E-state index in [1.54, 1.807) is 23.2 Å². The first-order valence-electron chi connectivity index (χ1n) is 7.43. The number of nitrogens with zero attached hydrogens (tertiary/aromatic N) is 3. The van der Waals surface area contributed by atoms with Gasteiger partial charge in [0, 0.05) is 11.8 Å². The third kappa shape index (κ3) is 3.69. The van der Waals surface area contributed by atoms with Crippen molar-refractivity contribution in [2.24, 2.45) is 5.10 Å². The SMILES string of the molecule is CCOc1ccc(-c2n[nH]c(=S)n2/N=C\C=C\c2ccco2)cc1. The van der Waals surface area contributed by atoms with Gasteiger partial charge in [0.05, 0.1) is 12.9 Å². The maximum atomic E-state index is 5.44. The quantitative estimate of drug-likeness (QED) is 0.541. The molecule has 0 aliphatic rings. The Balaban J connectivity index is 1.82. The summed E-state index contributed by atoms with van der Waals surface area (Å²) in [6.45, 7) is 2.58. The van der Waals surface area contributed by atoms with Crippen molar-refractivity contribution in [2.75, 3.05) is 6.61 Å². The molecule has 1 aromatic carbocycles. The summed E-state index contributed by atoms with van der Waals surface area (Å²) in [5.74, 6) is 2.20. The fraction of sp³-hybridized carbons (Fsp3) is 0.118. The lowest BCUT2D eigenvalue weighted by Crippen LogP contribution is -1.94. The highest BCUT2D eigenvalue weighted by molar-refractivity contribution is 7.71. The van der Waals surface area contributed by atoms with Crippen LogP contribution in [0.2, 0.25) is 0 Å². The molecular weight excluding hydrogens is 324 g/mol. The maximum absolute atomic E-state index is 5.44. The zero-order chi connectivity index (χ0) is 16.8. The van der Waals surface area contributed by atoms with Crippen LogP contribution in [-0.2, 0) is 0 Å². The summed E-state index contributed by atoms with van der Waals surface area (Å²) in [5, 5.41) is 11.3. The van der Waals surface area contributed by atoms with Crippen molar-refractivity contribution >= 4 is 24.5 Å².